The lowest BCUT2D eigenvalue weighted by molar-refractivity contribution is 0.161. The highest BCUT2D eigenvalue weighted by atomic mass is 28.3. The Bertz CT molecular complexity index is 279. The second-order valence-corrected chi connectivity index (χ2v) is 6.15. The molecule has 1 N–H and O–H groups in total. The monoisotopic (exact) mass is 240 g/mol. The fourth-order valence-electron chi connectivity index (χ4n) is 1.48. The van der Waals surface area contributed by atoms with Crippen molar-refractivity contribution in [3.05, 3.63) is 35.9 Å². The van der Waals surface area contributed by atoms with Crippen molar-refractivity contribution in [1.29, 1.82) is 0 Å². The highest BCUT2D eigenvalue weighted by Crippen LogP contribution is 2.16. The zero-order valence-corrected chi connectivity index (χ0v) is 11.1. The van der Waals surface area contributed by atoms with Crippen LogP contribution in [0.1, 0.15) is 17.7 Å². The number of hydrogen-bond acceptors (Lipinski definition) is 3. The number of methoxy groups -OCH3 is 1. The molecule has 1 rings (SSSR count). The maximum atomic E-state index is 10.1. The van der Waals surface area contributed by atoms with Gasteiger partial charge in [0.1, 0.15) is 0 Å². The van der Waals surface area contributed by atoms with Crippen LogP contribution in [0.25, 0.3) is 0 Å². The van der Waals surface area contributed by atoms with E-state index in [1.807, 2.05) is 36.9 Å². The van der Waals surface area contributed by atoms with Crippen molar-refractivity contribution in [2.24, 2.45) is 0 Å². The maximum Gasteiger partial charge on any atom is 0.207 e. The van der Waals surface area contributed by atoms with E-state index in [1.54, 1.807) is 7.11 Å². The van der Waals surface area contributed by atoms with Crippen LogP contribution in [-0.4, -0.2) is 34.5 Å². The first-order chi connectivity index (χ1) is 7.75. The van der Waals surface area contributed by atoms with Gasteiger partial charge in [0, 0.05) is 20.3 Å². The molecule has 0 aliphatic rings. The van der Waals surface area contributed by atoms with Gasteiger partial charge < -0.3 is 14.3 Å². The van der Waals surface area contributed by atoms with Crippen molar-refractivity contribution in [2.45, 2.75) is 18.7 Å². The average molecular weight is 240 g/mol. The summed E-state index contributed by atoms with van der Waals surface area (Å²) in [5.41, 5.74) is 0.525. The second kappa shape index (κ2) is 7.57. The molecule has 16 heavy (non-hydrogen) atoms. The minimum atomic E-state index is -1.57. The Kier molecular flexibility index (Phi) is 6.33. The summed E-state index contributed by atoms with van der Waals surface area (Å²) in [6.07, 6.45) is 0.884. The molecule has 0 fully saturated rings. The Morgan fingerprint density at radius 3 is 2.56 bits per heavy atom. The predicted octanol–water partition coefficient (Wildman–Crippen LogP) is 1.67. The standard InChI is InChI=1S/C12H20O3Si/c1-14-9-6-10-15-16(2)12(13)11-7-4-3-5-8-11/h3-5,7-8,12-13,16H,6,9-10H2,1-2H3. The number of hydrogen-bond donors (Lipinski definition) is 1. The van der Waals surface area contributed by atoms with Gasteiger partial charge in [0.05, 0.1) is 5.73 Å². The summed E-state index contributed by atoms with van der Waals surface area (Å²) < 4.78 is 10.6. The van der Waals surface area contributed by atoms with Crippen molar-refractivity contribution < 1.29 is 14.3 Å². The summed E-state index contributed by atoms with van der Waals surface area (Å²) in [5.74, 6) is 0. The van der Waals surface area contributed by atoms with E-state index in [0.29, 0.717) is 13.2 Å². The molecule has 0 aromatic heterocycles. The van der Waals surface area contributed by atoms with Gasteiger partial charge in [-0.15, -0.1) is 0 Å². The fraction of sp³-hybridized carbons (Fsp3) is 0.500. The van der Waals surface area contributed by atoms with Gasteiger partial charge in [-0.3, -0.25) is 0 Å². The number of aliphatic hydroxyl groups is 1. The summed E-state index contributed by atoms with van der Waals surface area (Å²) in [6.45, 7) is 3.40. The molecule has 0 amide bonds. The Labute approximate surface area is 98.7 Å². The predicted molar refractivity (Wildman–Crippen MR) is 66.9 cm³/mol. The quantitative estimate of drug-likeness (QED) is 0.582. The Hall–Kier alpha value is -0.683. The number of benzene rings is 1. The Balaban J connectivity index is 2.33. The Morgan fingerprint density at radius 1 is 1.25 bits per heavy atom. The van der Waals surface area contributed by atoms with Crippen LogP contribution < -0.4 is 0 Å². The van der Waals surface area contributed by atoms with Crippen molar-refractivity contribution in [2.75, 3.05) is 20.3 Å². The van der Waals surface area contributed by atoms with Gasteiger partial charge in [0.2, 0.25) is 9.04 Å². The first kappa shape index (κ1) is 13.4. The van der Waals surface area contributed by atoms with E-state index in [9.17, 15) is 5.11 Å². The van der Waals surface area contributed by atoms with Gasteiger partial charge in [-0.05, 0) is 18.5 Å². The minimum absolute atomic E-state index is 0.427. The minimum Gasteiger partial charge on any atom is -0.417 e. The molecule has 1 aromatic carbocycles. The van der Waals surface area contributed by atoms with Gasteiger partial charge in [-0.25, -0.2) is 0 Å². The molecule has 0 saturated heterocycles. The molecule has 0 heterocycles. The lowest BCUT2D eigenvalue weighted by Gasteiger charge is -2.18. The highest BCUT2D eigenvalue weighted by molar-refractivity contribution is 6.51. The fourth-order valence-corrected chi connectivity index (χ4v) is 2.97. The van der Waals surface area contributed by atoms with Gasteiger partial charge in [0.15, 0.2) is 0 Å². The zero-order valence-electron chi connectivity index (χ0n) is 9.93. The first-order valence-electron chi connectivity index (χ1n) is 5.59. The number of aliphatic hydroxyl groups excluding tert-OH is 1. The van der Waals surface area contributed by atoms with E-state index < -0.39 is 14.8 Å². The van der Waals surface area contributed by atoms with Crippen LogP contribution in [0.15, 0.2) is 30.3 Å². The van der Waals surface area contributed by atoms with E-state index in [1.165, 1.54) is 0 Å². The van der Waals surface area contributed by atoms with E-state index >= 15 is 0 Å². The van der Waals surface area contributed by atoms with Crippen LogP contribution in [-0.2, 0) is 9.16 Å². The van der Waals surface area contributed by atoms with E-state index in [2.05, 4.69) is 0 Å². The topological polar surface area (TPSA) is 38.7 Å². The van der Waals surface area contributed by atoms with Crippen LogP contribution in [0, 0.1) is 0 Å². The average Bonchev–Trinajstić information content (AvgIpc) is 2.34. The molecule has 0 radical (unpaired) electrons. The molecule has 0 aliphatic heterocycles. The normalized spacial score (nSPS) is 14.7. The van der Waals surface area contributed by atoms with E-state index in [0.717, 1.165) is 12.0 Å². The highest BCUT2D eigenvalue weighted by Gasteiger charge is 2.18. The summed E-state index contributed by atoms with van der Waals surface area (Å²) in [6, 6.07) is 9.69. The number of ether oxygens (including phenoxy) is 1. The van der Waals surface area contributed by atoms with Crippen molar-refractivity contribution in [3.8, 4) is 0 Å². The van der Waals surface area contributed by atoms with Gasteiger partial charge in [-0.2, -0.15) is 0 Å². The van der Waals surface area contributed by atoms with Crippen molar-refractivity contribution >= 4 is 9.04 Å². The maximum absolute atomic E-state index is 10.1. The van der Waals surface area contributed by atoms with E-state index in [-0.39, 0.29) is 0 Å². The van der Waals surface area contributed by atoms with Gasteiger partial charge in [0.25, 0.3) is 0 Å². The van der Waals surface area contributed by atoms with Crippen LogP contribution in [0.4, 0.5) is 0 Å². The van der Waals surface area contributed by atoms with Crippen LogP contribution >= 0.6 is 0 Å². The summed E-state index contributed by atoms with van der Waals surface area (Å²) in [4.78, 5) is 0. The largest absolute Gasteiger partial charge is 0.417 e. The molecule has 4 heteroatoms. The van der Waals surface area contributed by atoms with Crippen molar-refractivity contribution in [3.63, 3.8) is 0 Å². The second-order valence-electron chi connectivity index (χ2n) is 3.78. The third kappa shape index (κ3) is 4.45. The smallest absolute Gasteiger partial charge is 0.207 e. The molecule has 1 aromatic rings. The lowest BCUT2D eigenvalue weighted by atomic mass is 10.2. The Morgan fingerprint density at radius 2 is 1.94 bits per heavy atom. The zero-order chi connectivity index (χ0) is 11.8. The summed E-state index contributed by atoms with van der Waals surface area (Å²) in [7, 11) is 0.115. The van der Waals surface area contributed by atoms with Crippen LogP contribution in [0.2, 0.25) is 6.55 Å². The lowest BCUT2D eigenvalue weighted by Crippen LogP contribution is -2.24. The van der Waals surface area contributed by atoms with Crippen LogP contribution in [0.3, 0.4) is 0 Å². The molecule has 2 unspecified atom stereocenters. The summed E-state index contributed by atoms with van der Waals surface area (Å²) in [5, 5.41) is 10.1. The third-order valence-corrected chi connectivity index (χ3v) is 4.49. The molecule has 0 spiro atoms. The molecular formula is C12H20O3Si. The molecule has 0 bridgehead atoms. The molecule has 90 valence electrons. The molecule has 0 saturated carbocycles. The first-order valence-corrected chi connectivity index (χ1v) is 7.88. The summed E-state index contributed by atoms with van der Waals surface area (Å²) >= 11 is 0. The van der Waals surface area contributed by atoms with E-state index in [4.69, 9.17) is 9.16 Å². The van der Waals surface area contributed by atoms with Gasteiger partial charge in [-0.1, -0.05) is 30.3 Å². The van der Waals surface area contributed by atoms with Crippen LogP contribution in [0.5, 0.6) is 0 Å². The molecule has 0 aliphatic carbocycles. The molecular weight excluding hydrogens is 220 g/mol. The SMILES string of the molecule is COCCCO[SiH](C)C(O)c1ccccc1. The number of rotatable bonds is 7. The molecule has 2 atom stereocenters. The van der Waals surface area contributed by atoms with Gasteiger partial charge >= 0.3 is 0 Å². The third-order valence-electron chi connectivity index (χ3n) is 2.46. The van der Waals surface area contributed by atoms with Crippen molar-refractivity contribution in [1.82, 2.24) is 0 Å². The molecule has 3 nitrogen and oxygen atoms in total.